The van der Waals surface area contributed by atoms with Crippen LogP contribution in [0.2, 0.25) is 0 Å². The van der Waals surface area contributed by atoms with Gasteiger partial charge in [0.2, 0.25) is 0 Å². The van der Waals surface area contributed by atoms with E-state index in [1.165, 1.54) is 11.3 Å². The smallest absolute Gasteiger partial charge is 0.305 e. The lowest BCUT2D eigenvalue weighted by molar-refractivity contribution is -0.137. The van der Waals surface area contributed by atoms with Gasteiger partial charge in [0.25, 0.3) is 5.91 Å². The van der Waals surface area contributed by atoms with Crippen LogP contribution in [-0.4, -0.2) is 28.4 Å². The molecule has 2 aromatic rings. The molecule has 0 fully saturated rings. The SMILES string of the molecule is Cc1ccc(C(=O)N(CCC(=O)O)Cc2cccc(Br)c2)s1. The summed E-state index contributed by atoms with van der Waals surface area (Å²) in [5.74, 6) is -1.03. The predicted molar refractivity (Wildman–Crippen MR) is 90.2 cm³/mol. The molecule has 0 spiro atoms. The Labute approximate surface area is 141 Å². The monoisotopic (exact) mass is 381 g/mol. The first kappa shape index (κ1) is 16.7. The second-order valence-corrected chi connectivity index (χ2v) is 7.11. The van der Waals surface area contributed by atoms with Crippen molar-refractivity contribution in [3.8, 4) is 0 Å². The number of halogens is 1. The number of carboxylic acid groups (broad SMARTS) is 1. The summed E-state index contributed by atoms with van der Waals surface area (Å²) in [5, 5.41) is 8.89. The number of carboxylic acids is 1. The lowest BCUT2D eigenvalue weighted by Crippen LogP contribution is -2.32. The number of benzene rings is 1. The lowest BCUT2D eigenvalue weighted by Gasteiger charge is -2.21. The van der Waals surface area contributed by atoms with Crippen LogP contribution in [0.5, 0.6) is 0 Å². The zero-order chi connectivity index (χ0) is 16.1. The van der Waals surface area contributed by atoms with E-state index in [1.54, 1.807) is 11.0 Å². The Morgan fingerprint density at radius 1 is 1.27 bits per heavy atom. The molecule has 6 heteroatoms. The molecular formula is C16H16BrNO3S. The molecule has 0 unspecified atom stereocenters. The Morgan fingerprint density at radius 3 is 2.64 bits per heavy atom. The summed E-state index contributed by atoms with van der Waals surface area (Å²) in [6, 6.07) is 11.3. The first-order chi connectivity index (χ1) is 10.5. The molecule has 0 aliphatic rings. The van der Waals surface area contributed by atoms with E-state index in [1.807, 2.05) is 37.3 Å². The summed E-state index contributed by atoms with van der Waals surface area (Å²) in [6.07, 6.45) is -0.0654. The minimum absolute atomic E-state index is 0.0654. The largest absolute Gasteiger partial charge is 0.481 e. The van der Waals surface area contributed by atoms with Gasteiger partial charge in [-0.15, -0.1) is 11.3 Å². The molecule has 0 saturated carbocycles. The molecule has 1 heterocycles. The summed E-state index contributed by atoms with van der Waals surface area (Å²) < 4.78 is 0.933. The fourth-order valence-electron chi connectivity index (χ4n) is 2.04. The Hall–Kier alpha value is -1.66. The Kier molecular flexibility index (Phi) is 5.74. The molecular weight excluding hydrogens is 366 g/mol. The van der Waals surface area contributed by atoms with Gasteiger partial charge < -0.3 is 10.0 Å². The Morgan fingerprint density at radius 2 is 2.05 bits per heavy atom. The maximum Gasteiger partial charge on any atom is 0.305 e. The topological polar surface area (TPSA) is 57.6 Å². The van der Waals surface area contributed by atoms with Crippen LogP contribution in [0.25, 0.3) is 0 Å². The third-order valence-electron chi connectivity index (χ3n) is 3.10. The van der Waals surface area contributed by atoms with Crippen molar-refractivity contribution in [2.45, 2.75) is 19.9 Å². The Bertz CT molecular complexity index is 684. The average molecular weight is 382 g/mol. The molecule has 0 atom stereocenters. The molecule has 22 heavy (non-hydrogen) atoms. The first-order valence-corrected chi connectivity index (χ1v) is 8.38. The second-order valence-electron chi connectivity index (χ2n) is 4.91. The van der Waals surface area contributed by atoms with Gasteiger partial charge in [0.1, 0.15) is 0 Å². The number of carbonyl (C=O) groups excluding carboxylic acids is 1. The zero-order valence-electron chi connectivity index (χ0n) is 12.1. The highest BCUT2D eigenvalue weighted by molar-refractivity contribution is 9.10. The summed E-state index contributed by atoms with van der Waals surface area (Å²) in [5.41, 5.74) is 0.960. The van der Waals surface area contributed by atoms with Gasteiger partial charge in [0, 0.05) is 22.4 Å². The standard InChI is InChI=1S/C16H16BrNO3S/c1-11-5-6-14(22-11)16(21)18(8-7-15(19)20)10-12-3-2-4-13(17)9-12/h2-6,9H,7-8,10H2,1H3,(H,19,20). The van der Waals surface area contributed by atoms with E-state index in [9.17, 15) is 9.59 Å². The van der Waals surface area contributed by atoms with E-state index in [0.29, 0.717) is 11.4 Å². The lowest BCUT2D eigenvalue weighted by atomic mass is 10.2. The second kappa shape index (κ2) is 7.56. The number of aryl methyl sites for hydroxylation is 1. The van der Waals surface area contributed by atoms with E-state index in [-0.39, 0.29) is 18.9 Å². The van der Waals surface area contributed by atoms with Crippen molar-refractivity contribution in [2.24, 2.45) is 0 Å². The van der Waals surface area contributed by atoms with E-state index in [4.69, 9.17) is 5.11 Å². The van der Waals surface area contributed by atoms with Crippen molar-refractivity contribution in [2.75, 3.05) is 6.54 Å². The summed E-state index contributed by atoms with van der Waals surface area (Å²) >= 11 is 4.83. The summed E-state index contributed by atoms with van der Waals surface area (Å²) in [6.45, 7) is 2.53. The van der Waals surface area contributed by atoms with Crippen LogP contribution in [0.4, 0.5) is 0 Å². The number of aliphatic carboxylic acids is 1. The van der Waals surface area contributed by atoms with Gasteiger partial charge in [-0.05, 0) is 36.8 Å². The van der Waals surface area contributed by atoms with Crippen molar-refractivity contribution >= 4 is 39.1 Å². The molecule has 1 amide bonds. The number of hydrogen-bond donors (Lipinski definition) is 1. The van der Waals surface area contributed by atoms with Crippen LogP contribution >= 0.6 is 27.3 Å². The quantitative estimate of drug-likeness (QED) is 0.824. The summed E-state index contributed by atoms with van der Waals surface area (Å²) in [7, 11) is 0. The minimum atomic E-state index is -0.908. The molecule has 116 valence electrons. The highest BCUT2D eigenvalue weighted by Gasteiger charge is 2.18. The maximum absolute atomic E-state index is 12.6. The molecule has 1 aromatic heterocycles. The molecule has 0 radical (unpaired) electrons. The number of carbonyl (C=O) groups is 2. The fourth-order valence-corrected chi connectivity index (χ4v) is 3.33. The van der Waals surface area contributed by atoms with Gasteiger partial charge in [0.05, 0.1) is 11.3 Å². The Balaban J connectivity index is 2.18. The maximum atomic E-state index is 12.6. The minimum Gasteiger partial charge on any atom is -0.481 e. The molecule has 0 saturated heterocycles. The van der Waals surface area contributed by atoms with E-state index < -0.39 is 5.97 Å². The van der Waals surface area contributed by atoms with Crippen LogP contribution in [0.1, 0.15) is 26.5 Å². The molecule has 0 aliphatic heterocycles. The van der Waals surface area contributed by atoms with Crippen LogP contribution < -0.4 is 0 Å². The van der Waals surface area contributed by atoms with Gasteiger partial charge in [0.15, 0.2) is 0 Å². The first-order valence-electron chi connectivity index (χ1n) is 6.77. The van der Waals surface area contributed by atoms with Crippen molar-refractivity contribution in [3.05, 3.63) is 56.2 Å². The number of hydrogen-bond acceptors (Lipinski definition) is 3. The van der Waals surface area contributed by atoms with Crippen LogP contribution in [-0.2, 0) is 11.3 Å². The van der Waals surface area contributed by atoms with E-state index in [2.05, 4.69) is 15.9 Å². The third-order valence-corrected chi connectivity index (χ3v) is 4.58. The van der Waals surface area contributed by atoms with Crippen molar-refractivity contribution in [3.63, 3.8) is 0 Å². The van der Waals surface area contributed by atoms with Crippen molar-refractivity contribution < 1.29 is 14.7 Å². The number of amides is 1. The van der Waals surface area contributed by atoms with E-state index >= 15 is 0 Å². The van der Waals surface area contributed by atoms with E-state index in [0.717, 1.165) is 14.9 Å². The number of nitrogens with zero attached hydrogens (tertiary/aromatic N) is 1. The molecule has 1 N–H and O–H groups in total. The third kappa shape index (κ3) is 4.68. The van der Waals surface area contributed by atoms with Crippen molar-refractivity contribution in [1.82, 2.24) is 4.90 Å². The van der Waals surface area contributed by atoms with Gasteiger partial charge in [-0.3, -0.25) is 9.59 Å². The molecule has 0 bridgehead atoms. The highest BCUT2D eigenvalue weighted by Crippen LogP contribution is 2.20. The van der Waals surface area contributed by atoms with Crippen LogP contribution in [0, 0.1) is 6.92 Å². The molecule has 2 rings (SSSR count). The van der Waals surface area contributed by atoms with Crippen molar-refractivity contribution in [1.29, 1.82) is 0 Å². The highest BCUT2D eigenvalue weighted by atomic mass is 79.9. The average Bonchev–Trinajstić information content (AvgIpc) is 2.89. The molecule has 1 aromatic carbocycles. The van der Waals surface area contributed by atoms with Crippen LogP contribution in [0.3, 0.4) is 0 Å². The molecule has 4 nitrogen and oxygen atoms in total. The summed E-state index contributed by atoms with van der Waals surface area (Å²) in [4.78, 5) is 26.7. The number of thiophene rings is 1. The fraction of sp³-hybridized carbons (Fsp3) is 0.250. The van der Waals surface area contributed by atoms with Gasteiger partial charge in [-0.2, -0.15) is 0 Å². The zero-order valence-corrected chi connectivity index (χ0v) is 14.5. The van der Waals surface area contributed by atoms with Gasteiger partial charge in [-0.25, -0.2) is 0 Å². The predicted octanol–water partition coefficient (Wildman–Crippen LogP) is 3.94. The van der Waals surface area contributed by atoms with Gasteiger partial charge >= 0.3 is 5.97 Å². The van der Waals surface area contributed by atoms with Gasteiger partial charge in [-0.1, -0.05) is 28.1 Å². The number of rotatable bonds is 6. The molecule has 0 aliphatic carbocycles. The normalized spacial score (nSPS) is 10.5. The van der Waals surface area contributed by atoms with Crippen LogP contribution in [0.15, 0.2) is 40.9 Å².